The van der Waals surface area contributed by atoms with Gasteiger partial charge in [0.1, 0.15) is 0 Å². The van der Waals surface area contributed by atoms with Gasteiger partial charge in [-0.1, -0.05) is 18.2 Å². The van der Waals surface area contributed by atoms with Gasteiger partial charge in [-0.2, -0.15) is 0 Å². The average molecular weight is 365 g/mol. The summed E-state index contributed by atoms with van der Waals surface area (Å²) in [7, 11) is 0. The molecule has 1 heterocycles. The predicted molar refractivity (Wildman–Crippen MR) is 84.1 cm³/mol. The third kappa shape index (κ3) is 1.69. The molecule has 3 aromatic rings. The van der Waals surface area contributed by atoms with Crippen molar-refractivity contribution in [3.63, 3.8) is 0 Å². The highest BCUT2D eigenvalue weighted by Crippen LogP contribution is 2.37. The van der Waals surface area contributed by atoms with Crippen LogP contribution in [0.2, 0.25) is 0 Å². The number of nitrogens with zero attached hydrogens (tertiary/aromatic N) is 1. The lowest BCUT2D eigenvalue weighted by atomic mass is 10.0. The Labute approximate surface area is 122 Å². The molecule has 0 aliphatic heterocycles. The molecule has 3 heteroatoms. The minimum Gasteiger partial charge on any atom is -0.247 e. The van der Waals surface area contributed by atoms with Crippen molar-refractivity contribution < 1.29 is 0 Å². The molecular formula is C15H11Br2N. The maximum Gasteiger partial charge on any atom is 0.0866 e. The summed E-state index contributed by atoms with van der Waals surface area (Å²) < 4.78 is 2.13. The fourth-order valence-corrected chi connectivity index (χ4v) is 3.29. The first-order valence-electron chi connectivity index (χ1n) is 5.73. The maximum absolute atomic E-state index is 4.76. The molecular weight excluding hydrogens is 354 g/mol. The van der Waals surface area contributed by atoms with Crippen LogP contribution in [0.4, 0.5) is 0 Å². The number of aromatic nitrogens is 1. The number of hydrogen-bond acceptors (Lipinski definition) is 1. The van der Waals surface area contributed by atoms with Crippen LogP contribution in [0, 0.1) is 13.8 Å². The van der Waals surface area contributed by atoms with Gasteiger partial charge >= 0.3 is 0 Å². The van der Waals surface area contributed by atoms with Gasteiger partial charge in [0.25, 0.3) is 0 Å². The second-order valence-corrected chi connectivity index (χ2v) is 6.04. The highest BCUT2D eigenvalue weighted by Gasteiger charge is 2.12. The maximum atomic E-state index is 4.76. The van der Waals surface area contributed by atoms with Gasteiger partial charge in [-0.05, 0) is 69.0 Å². The lowest BCUT2D eigenvalue weighted by Gasteiger charge is -2.12. The zero-order chi connectivity index (χ0) is 12.9. The van der Waals surface area contributed by atoms with Crippen LogP contribution in [0.25, 0.3) is 21.8 Å². The van der Waals surface area contributed by atoms with Crippen LogP contribution in [0.15, 0.2) is 39.3 Å². The van der Waals surface area contributed by atoms with Crippen molar-refractivity contribution in [1.29, 1.82) is 0 Å². The standard InChI is InChI=1S/C15H11Br2N/c1-8-9(2)13(16)14(17)15-11(8)7-10-5-3-4-6-12(10)18-15/h3-7H,1-2H3. The first-order chi connectivity index (χ1) is 8.59. The average Bonchev–Trinajstić information content (AvgIpc) is 2.41. The summed E-state index contributed by atoms with van der Waals surface area (Å²) in [6.07, 6.45) is 0. The third-order valence-electron chi connectivity index (χ3n) is 3.42. The minimum absolute atomic E-state index is 1.02. The number of aryl methyl sites for hydroxylation is 1. The molecule has 18 heavy (non-hydrogen) atoms. The first kappa shape index (κ1) is 12.1. The van der Waals surface area contributed by atoms with Crippen LogP contribution >= 0.6 is 31.9 Å². The number of benzene rings is 2. The van der Waals surface area contributed by atoms with E-state index in [1.165, 1.54) is 21.9 Å². The summed E-state index contributed by atoms with van der Waals surface area (Å²) in [5.74, 6) is 0. The monoisotopic (exact) mass is 363 g/mol. The molecule has 1 aromatic heterocycles. The Morgan fingerprint density at radius 2 is 1.67 bits per heavy atom. The summed E-state index contributed by atoms with van der Waals surface area (Å²) in [6.45, 7) is 4.27. The smallest absolute Gasteiger partial charge is 0.0866 e. The molecule has 0 atom stereocenters. The quantitative estimate of drug-likeness (QED) is 0.478. The molecule has 0 bridgehead atoms. The molecule has 0 saturated carbocycles. The van der Waals surface area contributed by atoms with Crippen molar-refractivity contribution in [1.82, 2.24) is 4.98 Å². The van der Waals surface area contributed by atoms with E-state index in [4.69, 9.17) is 4.98 Å². The Kier molecular flexibility index (Phi) is 2.91. The van der Waals surface area contributed by atoms with E-state index >= 15 is 0 Å². The molecule has 0 saturated heterocycles. The Morgan fingerprint density at radius 1 is 0.944 bits per heavy atom. The van der Waals surface area contributed by atoms with Crippen molar-refractivity contribution in [2.75, 3.05) is 0 Å². The molecule has 2 aromatic carbocycles. The molecule has 0 aliphatic rings. The molecule has 1 nitrogen and oxygen atoms in total. The van der Waals surface area contributed by atoms with Crippen molar-refractivity contribution in [3.05, 3.63) is 50.4 Å². The van der Waals surface area contributed by atoms with Crippen LogP contribution in [-0.2, 0) is 0 Å². The van der Waals surface area contributed by atoms with Crippen LogP contribution in [-0.4, -0.2) is 4.98 Å². The molecule has 0 unspecified atom stereocenters. The van der Waals surface area contributed by atoms with E-state index in [0.717, 1.165) is 20.0 Å². The van der Waals surface area contributed by atoms with E-state index in [0.29, 0.717) is 0 Å². The Bertz CT molecular complexity index is 712. The van der Waals surface area contributed by atoms with Crippen molar-refractivity contribution in [2.24, 2.45) is 0 Å². The Balaban J connectivity index is 2.58. The predicted octanol–water partition coefficient (Wildman–Crippen LogP) is 5.53. The second kappa shape index (κ2) is 4.32. The van der Waals surface area contributed by atoms with Crippen LogP contribution < -0.4 is 0 Å². The van der Waals surface area contributed by atoms with Gasteiger partial charge < -0.3 is 0 Å². The van der Waals surface area contributed by atoms with E-state index in [1.54, 1.807) is 0 Å². The molecule has 0 fully saturated rings. The van der Waals surface area contributed by atoms with E-state index in [1.807, 2.05) is 18.2 Å². The number of hydrogen-bond donors (Lipinski definition) is 0. The molecule has 0 radical (unpaired) electrons. The fraction of sp³-hybridized carbons (Fsp3) is 0.133. The van der Waals surface area contributed by atoms with Crippen molar-refractivity contribution >= 4 is 53.7 Å². The van der Waals surface area contributed by atoms with Crippen LogP contribution in [0.3, 0.4) is 0 Å². The van der Waals surface area contributed by atoms with Gasteiger partial charge in [0.2, 0.25) is 0 Å². The molecule has 0 spiro atoms. The second-order valence-electron chi connectivity index (χ2n) is 4.46. The molecule has 0 amide bonds. The van der Waals surface area contributed by atoms with Gasteiger partial charge in [0.05, 0.1) is 15.5 Å². The summed E-state index contributed by atoms with van der Waals surface area (Å²) in [5, 5.41) is 2.39. The highest BCUT2D eigenvalue weighted by molar-refractivity contribution is 9.13. The largest absolute Gasteiger partial charge is 0.247 e. The van der Waals surface area contributed by atoms with Crippen molar-refractivity contribution in [2.45, 2.75) is 13.8 Å². The zero-order valence-electron chi connectivity index (χ0n) is 10.1. The Hall–Kier alpha value is -0.930. The fourth-order valence-electron chi connectivity index (χ4n) is 2.20. The minimum atomic E-state index is 1.02. The van der Waals surface area contributed by atoms with E-state index < -0.39 is 0 Å². The van der Waals surface area contributed by atoms with Gasteiger partial charge in [-0.25, -0.2) is 4.98 Å². The van der Waals surface area contributed by atoms with Gasteiger partial charge in [0, 0.05) is 15.2 Å². The van der Waals surface area contributed by atoms with Gasteiger partial charge in [-0.15, -0.1) is 0 Å². The topological polar surface area (TPSA) is 12.9 Å². The van der Waals surface area contributed by atoms with Crippen LogP contribution in [0.1, 0.15) is 11.1 Å². The summed E-state index contributed by atoms with van der Waals surface area (Å²) in [6, 6.07) is 10.4. The molecule has 3 rings (SSSR count). The van der Waals surface area contributed by atoms with E-state index in [-0.39, 0.29) is 0 Å². The summed E-state index contributed by atoms with van der Waals surface area (Å²) >= 11 is 7.27. The molecule has 0 N–H and O–H groups in total. The first-order valence-corrected chi connectivity index (χ1v) is 7.32. The summed E-state index contributed by atoms with van der Waals surface area (Å²) in [5.41, 5.74) is 4.58. The normalized spacial score (nSPS) is 11.3. The summed E-state index contributed by atoms with van der Waals surface area (Å²) in [4.78, 5) is 4.76. The highest BCUT2D eigenvalue weighted by atomic mass is 79.9. The lowest BCUT2D eigenvalue weighted by Crippen LogP contribution is -1.92. The number of rotatable bonds is 0. The van der Waals surface area contributed by atoms with Crippen molar-refractivity contribution in [3.8, 4) is 0 Å². The lowest BCUT2D eigenvalue weighted by molar-refractivity contribution is 1.32. The Morgan fingerprint density at radius 3 is 2.44 bits per heavy atom. The van der Waals surface area contributed by atoms with Gasteiger partial charge in [-0.3, -0.25) is 0 Å². The SMILES string of the molecule is Cc1c(Br)c(Br)c2nc3ccccc3cc2c1C. The number of halogens is 2. The van der Waals surface area contributed by atoms with Gasteiger partial charge in [0.15, 0.2) is 0 Å². The van der Waals surface area contributed by atoms with Crippen LogP contribution in [0.5, 0.6) is 0 Å². The number of para-hydroxylation sites is 1. The third-order valence-corrected chi connectivity index (χ3v) is 5.72. The molecule has 0 aliphatic carbocycles. The number of fused-ring (bicyclic) bond motifs is 2. The van der Waals surface area contributed by atoms with E-state index in [2.05, 4.69) is 57.8 Å². The molecule has 90 valence electrons. The van der Waals surface area contributed by atoms with E-state index in [9.17, 15) is 0 Å². The zero-order valence-corrected chi connectivity index (χ0v) is 13.3. The number of pyridine rings is 1.